The van der Waals surface area contributed by atoms with Crippen LogP contribution in [0.15, 0.2) is 45.4 Å². The Hall–Kier alpha value is -2.79. The summed E-state index contributed by atoms with van der Waals surface area (Å²) in [5.74, 6) is -0.503. The lowest BCUT2D eigenvalue weighted by Crippen LogP contribution is -2.50. The number of thiophene rings is 1. The highest BCUT2D eigenvalue weighted by atomic mass is 32.2. The number of aliphatic imine (C=N–C) groups is 1. The molecular formula is C17H16FN5O3S2. The minimum Gasteiger partial charge on any atom is -0.423 e. The third-order valence-corrected chi connectivity index (χ3v) is 7.66. The van der Waals surface area contributed by atoms with Crippen molar-refractivity contribution in [2.24, 2.45) is 10.7 Å². The molecule has 0 fully saturated rings. The van der Waals surface area contributed by atoms with Gasteiger partial charge in [-0.3, -0.25) is 0 Å². The summed E-state index contributed by atoms with van der Waals surface area (Å²) in [6.07, 6.45) is 1.17. The molecule has 2 N–H and O–H groups in total. The lowest BCUT2D eigenvalue weighted by Gasteiger charge is -2.33. The van der Waals surface area contributed by atoms with Gasteiger partial charge in [-0.05, 0) is 47.7 Å². The molecule has 3 heterocycles. The van der Waals surface area contributed by atoms with Crippen LogP contribution in [-0.4, -0.2) is 41.7 Å². The van der Waals surface area contributed by atoms with Gasteiger partial charge in [0.25, 0.3) is 0 Å². The Balaban J connectivity index is 1.75. The van der Waals surface area contributed by atoms with Crippen molar-refractivity contribution in [2.75, 3.05) is 12.8 Å². The van der Waals surface area contributed by atoms with E-state index in [2.05, 4.69) is 15.2 Å². The smallest absolute Gasteiger partial charge is 0.247 e. The average Bonchev–Trinajstić information content (AvgIpc) is 3.31. The number of sulfonamides is 1. The summed E-state index contributed by atoms with van der Waals surface area (Å²) in [5, 5.41) is 9.23. The van der Waals surface area contributed by atoms with Gasteiger partial charge in [-0.2, -0.15) is 0 Å². The number of aromatic nitrogens is 2. The van der Waals surface area contributed by atoms with Crippen molar-refractivity contribution in [3.8, 4) is 22.6 Å². The topological polar surface area (TPSA) is 115 Å². The molecule has 0 saturated carbocycles. The van der Waals surface area contributed by atoms with E-state index in [1.54, 1.807) is 19.1 Å². The van der Waals surface area contributed by atoms with Gasteiger partial charge in [-0.15, -0.1) is 21.5 Å². The molecule has 0 spiro atoms. The first-order valence-electron chi connectivity index (χ1n) is 8.16. The summed E-state index contributed by atoms with van der Waals surface area (Å²) in [7, 11) is -2.19. The van der Waals surface area contributed by atoms with E-state index in [9.17, 15) is 12.8 Å². The Morgan fingerprint density at radius 2 is 2.00 bits per heavy atom. The summed E-state index contributed by atoms with van der Waals surface area (Å²) in [4.78, 5) is 5.10. The molecule has 28 heavy (non-hydrogen) atoms. The van der Waals surface area contributed by atoms with Gasteiger partial charge in [-0.1, -0.05) is 0 Å². The first-order valence-corrected chi connectivity index (χ1v) is 10.7. The van der Waals surface area contributed by atoms with Crippen molar-refractivity contribution < 1.29 is 17.2 Å². The van der Waals surface area contributed by atoms with Crippen LogP contribution in [-0.2, 0) is 15.6 Å². The Labute approximate surface area is 164 Å². The van der Waals surface area contributed by atoms with Crippen LogP contribution in [0.4, 0.5) is 4.39 Å². The Morgan fingerprint density at radius 1 is 1.25 bits per heavy atom. The number of hydrogen-bond acceptors (Lipinski definition) is 8. The second kappa shape index (κ2) is 6.38. The third kappa shape index (κ3) is 3.16. The van der Waals surface area contributed by atoms with Crippen LogP contribution >= 0.6 is 11.3 Å². The fourth-order valence-corrected chi connectivity index (χ4v) is 5.59. The van der Waals surface area contributed by atoms with Crippen LogP contribution in [0, 0.1) is 5.82 Å². The van der Waals surface area contributed by atoms with Gasteiger partial charge in [0.2, 0.25) is 28.3 Å². The fourth-order valence-electron chi connectivity index (χ4n) is 3.02. The molecule has 1 aliphatic rings. The van der Waals surface area contributed by atoms with Gasteiger partial charge < -0.3 is 10.2 Å². The number of rotatable bonds is 3. The summed E-state index contributed by atoms with van der Waals surface area (Å²) >= 11 is 1.34. The van der Waals surface area contributed by atoms with Crippen molar-refractivity contribution in [3.05, 3.63) is 46.7 Å². The van der Waals surface area contributed by atoms with Gasteiger partial charge in [0.05, 0.1) is 5.75 Å². The van der Waals surface area contributed by atoms with Crippen molar-refractivity contribution in [3.63, 3.8) is 0 Å². The van der Waals surface area contributed by atoms with Gasteiger partial charge in [0, 0.05) is 17.5 Å². The summed E-state index contributed by atoms with van der Waals surface area (Å²) in [6.45, 7) is 1.72. The highest BCUT2D eigenvalue weighted by Gasteiger charge is 2.41. The summed E-state index contributed by atoms with van der Waals surface area (Å²) in [5.41, 5.74) is 6.58. The molecule has 0 aliphatic carbocycles. The Kier molecular flexibility index (Phi) is 4.23. The quantitative estimate of drug-likeness (QED) is 0.694. The molecule has 0 radical (unpaired) electrons. The van der Waals surface area contributed by atoms with Crippen LogP contribution in [0.2, 0.25) is 0 Å². The number of nitrogens with two attached hydrogens (primary N) is 1. The second-order valence-corrected chi connectivity index (χ2v) is 9.55. The first-order chi connectivity index (χ1) is 13.2. The van der Waals surface area contributed by atoms with Gasteiger partial charge in [-0.25, -0.2) is 22.1 Å². The van der Waals surface area contributed by atoms with E-state index in [1.807, 2.05) is 5.38 Å². The molecule has 1 atom stereocenters. The molecule has 8 nitrogen and oxygen atoms in total. The second-order valence-electron chi connectivity index (χ2n) is 6.64. The molecule has 0 saturated heterocycles. The highest BCUT2D eigenvalue weighted by Crippen LogP contribution is 2.38. The fraction of sp³-hybridized carbons (Fsp3) is 0.235. The van der Waals surface area contributed by atoms with Crippen LogP contribution in [0.5, 0.6) is 0 Å². The Bertz CT molecular complexity index is 1170. The molecule has 4 rings (SSSR count). The van der Waals surface area contributed by atoms with Crippen molar-refractivity contribution in [1.29, 1.82) is 0 Å². The van der Waals surface area contributed by atoms with E-state index >= 15 is 0 Å². The standard InChI is InChI=1S/C17H16FN5O3S2/c1-17(8-28(24,25)23(2)16(19)21-17)14-6-12(7-27-14)10-3-11(5-13(18)4-10)15-22-20-9-26-15/h3-7,9H,8H2,1-2H3,(H2,19,21). The highest BCUT2D eigenvalue weighted by molar-refractivity contribution is 7.89. The summed E-state index contributed by atoms with van der Waals surface area (Å²) in [6, 6.07) is 6.22. The minimum absolute atomic E-state index is 0.0619. The molecule has 11 heteroatoms. The maximum absolute atomic E-state index is 14.1. The number of benzene rings is 1. The monoisotopic (exact) mass is 421 g/mol. The molecule has 0 bridgehead atoms. The van der Waals surface area contributed by atoms with Crippen molar-refractivity contribution >= 4 is 27.3 Å². The molecule has 1 aliphatic heterocycles. The number of halogens is 1. The van der Waals surface area contributed by atoms with Crippen LogP contribution in [0.25, 0.3) is 22.6 Å². The maximum atomic E-state index is 14.1. The van der Waals surface area contributed by atoms with E-state index in [0.717, 1.165) is 9.87 Å². The van der Waals surface area contributed by atoms with E-state index in [0.29, 0.717) is 16.0 Å². The third-order valence-electron chi connectivity index (χ3n) is 4.53. The van der Waals surface area contributed by atoms with Crippen molar-refractivity contribution in [1.82, 2.24) is 14.5 Å². The Morgan fingerprint density at radius 3 is 2.68 bits per heavy atom. The van der Waals surface area contributed by atoms with E-state index in [-0.39, 0.29) is 17.6 Å². The average molecular weight is 421 g/mol. The molecule has 0 amide bonds. The minimum atomic E-state index is -3.57. The molecule has 1 aromatic carbocycles. The predicted octanol–water partition coefficient (Wildman–Crippen LogP) is 2.41. The van der Waals surface area contributed by atoms with Crippen molar-refractivity contribution in [2.45, 2.75) is 12.5 Å². The van der Waals surface area contributed by atoms with E-state index in [4.69, 9.17) is 10.2 Å². The van der Waals surface area contributed by atoms with Crippen LogP contribution < -0.4 is 5.73 Å². The van der Waals surface area contributed by atoms with Gasteiger partial charge >= 0.3 is 0 Å². The number of hydrogen-bond donors (Lipinski definition) is 1. The van der Waals surface area contributed by atoms with E-state index < -0.39 is 21.4 Å². The van der Waals surface area contributed by atoms with E-state index in [1.165, 1.54) is 36.9 Å². The molecule has 146 valence electrons. The largest absolute Gasteiger partial charge is 0.423 e. The van der Waals surface area contributed by atoms with Gasteiger partial charge in [0.15, 0.2) is 0 Å². The predicted molar refractivity (Wildman–Crippen MR) is 104 cm³/mol. The zero-order valence-electron chi connectivity index (χ0n) is 15.0. The summed E-state index contributed by atoms with van der Waals surface area (Å²) < 4.78 is 45.0. The molecule has 2 aromatic heterocycles. The first kappa shape index (κ1) is 18.6. The van der Waals surface area contributed by atoms with Crippen LogP contribution in [0.1, 0.15) is 11.8 Å². The van der Waals surface area contributed by atoms with Gasteiger partial charge in [0.1, 0.15) is 11.4 Å². The molecular weight excluding hydrogens is 405 g/mol. The number of guanidine groups is 1. The SMILES string of the molecule is CN1C(N)=NC(C)(c2cc(-c3cc(F)cc(-c4nnco4)c3)cs2)CS1(=O)=O. The number of nitrogens with zero attached hydrogens (tertiary/aromatic N) is 4. The zero-order chi connectivity index (χ0) is 20.1. The molecule has 1 unspecified atom stereocenters. The lowest BCUT2D eigenvalue weighted by atomic mass is 10.00. The molecule has 3 aromatic rings. The zero-order valence-corrected chi connectivity index (χ0v) is 16.6. The maximum Gasteiger partial charge on any atom is 0.247 e. The van der Waals surface area contributed by atoms with Crippen LogP contribution in [0.3, 0.4) is 0 Å². The normalized spacial score (nSPS) is 21.5. The lowest BCUT2D eigenvalue weighted by molar-refractivity contribution is 0.482.